The number of hydrogen-bond donors (Lipinski definition) is 2. The van der Waals surface area contributed by atoms with Crippen molar-refractivity contribution in [3.8, 4) is 0 Å². The summed E-state index contributed by atoms with van der Waals surface area (Å²) < 4.78 is 12.5. The van der Waals surface area contributed by atoms with E-state index in [1.54, 1.807) is 36.0 Å². The van der Waals surface area contributed by atoms with Crippen molar-refractivity contribution in [2.45, 2.75) is 16.5 Å². The Morgan fingerprint density at radius 1 is 1.33 bits per heavy atom. The molecule has 0 bridgehead atoms. The minimum atomic E-state index is -3.70. The molecule has 0 saturated carbocycles. The Bertz CT molecular complexity index is 944. The molecular weight excluding hydrogens is 424 g/mol. The summed E-state index contributed by atoms with van der Waals surface area (Å²) in [7, 11) is -3.70. The molecule has 3 atom stereocenters. The average Bonchev–Trinajstić information content (AvgIpc) is 2.98. The molecule has 0 fully saturated rings. The van der Waals surface area contributed by atoms with Gasteiger partial charge in [-0.3, -0.25) is 9.36 Å². The minimum Gasteiger partial charge on any atom is -0.344 e. The van der Waals surface area contributed by atoms with Gasteiger partial charge < -0.3 is 10.2 Å². The maximum Gasteiger partial charge on any atom is 0.237 e. The van der Waals surface area contributed by atoms with Gasteiger partial charge in [-0.25, -0.2) is 0 Å². The molecule has 0 aliphatic carbocycles. The lowest BCUT2D eigenvalue weighted by molar-refractivity contribution is -0.120. The Kier molecular flexibility index (Phi) is 6.39. The highest BCUT2D eigenvalue weighted by Crippen LogP contribution is 2.54. The SMILES string of the molecule is CP(=O)(O)C(C(=O)N/C=C/c1ccccc1Cl)C1CSc2ccc(Cl)cc21. The summed E-state index contributed by atoms with van der Waals surface area (Å²) in [5.41, 5.74) is 0.535. The Morgan fingerprint density at radius 3 is 2.78 bits per heavy atom. The summed E-state index contributed by atoms with van der Waals surface area (Å²) in [6.07, 6.45) is 3.11. The molecule has 27 heavy (non-hydrogen) atoms. The second kappa shape index (κ2) is 8.42. The van der Waals surface area contributed by atoms with Crippen LogP contribution in [0.25, 0.3) is 6.08 Å². The Balaban J connectivity index is 1.83. The number of rotatable bonds is 5. The van der Waals surface area contributed by atoms with Gasteiger partial charge in [-0.05, 0) is 41.5 Å². The lowest BCUT2D eigenvalue weighted by Crippen LogP contribution is -2.36. The molecule has 0 aromatic heterocycles. The molecule has 4 nitrogen and oxygen atoms in total. The molecule has 3 rings (SSSR count). The number of carbonyl (C=O) groups excluding carboxylic acids is 1. The van der Waals surface area contributed by atoms with E-state index in [4.69, 9.17) is 23.2 Å². The van der Waals surface area contributed by atoms with Crippen molar-refractivity contribution in [3.05, 3.63) is 69.8 Å². The molecule has 2 N–H and O–H groups in total. The van der Waals surface area contributed by atoms with E-state index in [1.165, 1.54) is 12.9 Å². The highest BCUT2D eigenvalue weighted by atomic mass is 35.5. The smallest absolute Gasteiger partial charge is 0.237 e. The van der Waals surface area contributed by atoms with Gasteiger partial charge >= 0.3 is 0 Å². The van der Waals surface area contributed by atoms with Gasteiger partial charge in [0.15, 0.2) is 0 Å². The van der Waals surface area contributed by atoms with E-state index in [0.717, 1.165) is 16.0 Å². The van der Waals surface area contributed by atoms with Crippen LogP contribution in [0.5, 0.6) is 0 Å². The van der Waals surface area contributed by atoms with Crippen molar-refractivity contribution in [3.63, 3.8) is 0 Å². The van der Waals surface area contributed by atoms with E-state index in [9.17, 15) is 14.3 Å². The number of nitrogens with one attached hydrogen (secondary N) is 1. The van der Waals surface area contributed by atoms with Gasteiger partial charge in [-0.1, -0.05) is 41.4 Å². The normalized spacial score (nSPS) is 19.5. The van der Waals surface area contributed by atoms with Gasteiger partial charge in [-0.15, -0.1) is 11.8 Å². The number of amides is 1. The highest BCUT2D eigenvalue weighted by molar-refractivity contribution is 7.99. The van der Waals surface area contributed by atoms with Crippen LogP contribution in [0.2, 0.25) is 10.0 Å². The molecule has 0 saturated heterocycles. The molecule has 1 amide bonds. The van der Waals surface area contributed by atoms with Crippen LogP contribution >= 0.6 is 42.3 Å². The average molecular weight is 442 g/mol. The third kappa shape index (κ3) is 4.79. The molecule has 2 aromatic carbocycles. The molecular formula is C19H18Cl2NO3PS. The summed E-state index contributed by atoms with van der Waals surface area (Å²) >= 11 is 13.7. The van der Waals surface area contributed by atoms with E-state index in [2.05, 4.69) is 5.32 Å². The fourth-order valence-corrected chi connectivity index (χ4v) is 6.35. The summed E-state index contributed by atoms with van der Waals surface area (Å²) in [4.78, 5) is 24.0. The second-order valence-electron chi connectivity index (χ2n) is 6.35. The van der Waals surface area contributed by atoms with Crippen molar-refractivity contribution in [2.24, 2.45) is 0 Å². The van der Waals surface area contributed by atoms with Crippen LogP contribution in [-0.4, -0.2) is 28.9 Å². The Hall–Kier alpha value is -1.23. The van der Waals surface area contributed by atoms with Gasteiger partial charge in [-0.2, -0.15) is 0 Å². The van der Waals surface area contributed by atoms with Gasteiger partial charge in [0.05, 0.1) is 0 Å². The number of benzene rings is 2. The van der Waals surface area contributed by atoms with E-state index in [0.29, 0.717) is 15.8 Å². The monoisotopic (exact) mass is 441 g/mol. The van der Waals surface area contributed by atoms with Crippen LogP contribution in [0.3, 0.4) is 0 Å². The van der Waals surface area contributed by atoms with Crippen LogP contribution in [0, 0.1) is 0 Å². The molecule has 1 aliphatic heterocycles. The number of fused-ring (bicyclic) bond motifs is 1. The summed E-state index contributed by atoms with van der Waals surface area (Å²) in [5.74, 6) is -0.316. The van der Waals surface area contributed by atoms with E-state index >= 15 is 0 Å². The number of hydrogen-bond acceptors (Lipinski definition) is 3. The fraction of sp³-hybridized carbons (Fsp3) is 0.211. The van der Waals surface area contributed by atoms with Crippen LogP contribution in [0.4, 0.5) is 0 Å². The van der Waals surface area contributed by atoms with Crippen LogP contribution in [-0.2, 0) is 9.36 Å². The van der Waals surface area contributed by atoms with Crippen LogP contribution in [0.15, 0.2) is 53.6 Å². The maximum absolute atomic E-state index is 12.8. The topological polar surface area (TPSA) is 66.4 Å². The van der Waals surface area contributed by atoms with Gasteiger partial charge in [0, 0.05) is 39.5 Å². The zero-order valence-electron chi connectivity index (χ0n) is 14.4. The molecule has 3 unspecified atom stereocenters. The second-order valence-corrected chi connectivity index (χ2v) is 10.7. The quantitative estimate of drug-likeness (QED) is 0.622. The maximum atomic E-state index is 12.8. The van der Waals surface area contributed by atoms with E-state index < -0.39 is 18.9 Å². The van der Waals surface area contributed by atoms with Crippen molar-refractivity contribution in [2.75, 3.05) is 12.4 Å². The number of halogens is 2. The predicted octanol–water partition coefficient (Wildman–Crippen LogP) is 5.24. The predicted molar refractivity (Wildman–Crippen MR) is 113 cm³/mol. The number of carbonyl (C=O) groups is 1. The Morgan fingerprint density at radius 2 is 2.07 bits per heavy atom. The molecule has 2 aromatic rings. The minimum absolute atomic E-state index is 0.377. The number of thioether (sulfide) groups is 1. The van der Waals surface area contributed by atoms with Crippen molar-refractivity contribution in [1.82, 2.24) is 5.32 Å². The fourth-order valence-electron chi connectivity index (χ4n) is 3.11. The van der Waals surface area contributed by atoms with Gasteiger partial charge in [0.25, 0.3) is 0 Å². The first-order chi connectivity index (χ1) is 12.8. The zero-order chi connectivity index (χ0) is 19.6. The molecule has 1 heterocycles. The van der Waals surface area contributed by atoms with Gasteiger partial charge in [0.2, 0.25) is 13.3 Å². The standard InChI is InChI=1S/C19H18Cl2NO3PS/c1-26(24,25)18(15-11-27-17-7-6-13(20)10-14(15)17)19(23)22-9-8-12-4-2-3-5-16(12)21/h2-10,15,18H,11H2,1H3,(H,22,23)(H,24,25)/b9-8+. The first-order valence-electron chi connectivity index (χ1n) is 8.21. The molecule has 142 valence electrons. The molecule has 0 radical (unpaired) electrons. The van der Waals surface area contributed by atoms with E-state index in [1.807, 2.05) is 24.3 Å². The van der Waals surface area contributed by atoms with Crippen molar-refractivity contribution < 1.29 is 14.3 Å². The molecule has 0 spiro atoms. The zero-order valence-corrected chi connectivity index (χ0v) is 17.7. The lowest BCUT2D eigenvalue weighted by Gasteiger charge is -2.25. The summed E-state index contributed by atoms with van der Waals surface area (Å²) in [5, 5.41) is 3.73. The first kappa shape index (κ1) is 20.5. The van der Waals surface area contributed by atoms with Gasteiger partial charge in [0.1, 0.15) is 5.66 Å². The molecule has 8 heteroatoms. The third-order valence-electron chi connectivity index (χ3n) is 4.35. The third-order valence-corrected chi connectivity index (χ3v) is 7.76. The lowest BCUT2D eigenvalue weighted by atomic mass is 9.97. The first-order valence-corrected chi connectivity index (χ1v) is 12.1. The van der Waals surface area contributed by atoms with E-state index in [-0.39, 0.29) is 5.92 Å². The van der Waals surface area contributed by atoms with Crippen molar-refractivity contribution in [1.29, 1.82) is 0 Å². The highest BCUT2D eigenvalue weighted by Gasteiger charge is 2.43. The summed E-state index contributed by atoms with van der Waals surface area (Å²) in [6.45, 7) is 1.22. The van der Waals surface area contributed by atoms with Crippen LogP contribution < -0.4 is 5.32 Å². The molecule has 1 aliphatic rings. The largest absolute Gasteiger partial charge is 0.344 e. The van der Waals surface area contributed by atoms with Crippen molar-refractivity contribution >= 4 is 54.3 Å². The summed E-state index contributed by atoms with van der Waals surface area (Å²) in [6, 6.07) is 12.6. The van der Waals surface area contributed by atoms with Crippen LogP contribution in [0.1, 0.15) is 17.0 Å². The Labute approximate surface area is 172 Å².